The van der Waals surface area contributed by atoms with Crippen molar-refractivity contribution in [1.82, 2.24) is 9.97 Å². The number of carbonyl (C=O) groups excluding carboxylic acids is 1. The van der Waals surface area contributed by atoms with Crippen molar-refractivity contribution in [3.8, 4) is 0 Å². The zero-order chi connectivity index (χ0) is 18.0. The van der Waals surface area contributed by atoms with E-state index in [1.165, 1.54) is 17.3 Å². The molecule has 0 saturated heterocycles. The second-order valence-electron chi connectivity index (χ2n) is 6.21. The number of aromatic nitrogens is 2. The molecule has 0 saturated carbocycles. The number of thioether (sulfide) groups is 1. The van der Waals surface area contributed by atoms with Gasteiger partial charge in [-0.25, -0.2) is 9.97 Å². The van der Waals surface area contributed by atoms with E-state index in [-0.39, 0.29) is 5.91 Å². The number of anilines is 1. The topological polar surface area (TPSA) is 54.9 Å². The molecule has 0 unspecified atom stereocenters. The van der Waals surface area contributed by atoms with E-state index in [2.05, 4.69) is 34.3 Å². The Morgan fingerprint density at radius 1 is 1.00 bits per heavy atom. The van der Waals surface area contributed by atoms with Gasteiger partial charge in [0.1, 0.15) is 5.03 Å². The molecule has 25 heavy (non-hydrogen) atoms. The van der Waals surface area contributed by atoms with Gasteiger partial charge >= 0.3 is 0 Å². The van der Waals surface area contributed by atoms with E-state index in [1.807, 2.05) is 45.0 Å². The standard InChI is InChI=1S/C20H21N3OS/c1-12-9-13(2)19(14(3)10-12)23-18(24)11-25-20-15(4)21-16-7-5-6-8-17(16)22-20/h5-10H,11H2,1-4H3,(H,23,24). The average molecular weight is 351 g/mol. The maximum Gasteiger partial charge on any atom is 0.234 e. The van der Waals surface area contributed by atoms with Crippen molar-refractivity contribution in [2.45, 2.75) is 32.7 Å². The fraction of sp³-hybridized carbons (Fsp3) is 0.250. The number of nitrogens with one attached hydrogen (secondary N) is 1. The van der Waals surface area contributed by atoms with Gasteiger partial charge in [0.05, 0.1) is 22.5 Å². The molecule has 2 aromatic carbocycles. The molecule has 1 N–H and O–H groups in total. The van der Waals surface area contributed by atoms with Crippen molar-refractivity contribution in [2.75, 3.05) is 11.1 Å². The van der Waals surface area contributed by atoms with Crippen LogP contribution in [-0.2, 0) is 4.79 Å². The molecule has 3 rings (SSSR count). The summed E-state index contributed by atoms with van der Waals surface area (Å²) in [7, 11) is 0. The number of amides is 1. The SMILES string of the molecule is Cc1cc(C)c(NC(=O)CSc2nc3ccccc3nc2C)c(C)c1. The maximum atomic E-state index is 12.4. The van der Waals surface area contributed by atoms with Crippen LogP contribution < -0.4 is 5.32 Å². The van der Waals surface area contributed by atoms with Crippen LogP contribution in [0, 0.1) is 27.7 Å². The third kappa shape index (κ3) is 3.99. The molecule has 1 heterocycles. The zero-order valence-electron chi connectivity index (χ0n) is 14.9. The van der Waals surface area contributed by atoms with Gasteiger partial charge in [0.25, 0.3) is 0 Å². The molecule has 0 spiro atoms. The van der Waals surface area contributed by atoms with Gasteiger partial charge in [0, 0.05) is 5.69 Å². The van der Waals surface area contributed by atoms with E-state index >= 15 is 0 Å². The van der Waals surface area contributed by atoms with Gasteiger partial charge in [-0.15, -0.1) is 0 Å². The lowest BCUT2D eigenvalue weighted by atomic mass is 10.1. The minimum Gasteiger partial charge on any atom is -0.325 e. The molecule has 1 aromatic heterocycles. The lowest BCUT2D eigenvalue weighted by Gasteiger charge is -2.13. The van der Waals surface area contributed by atoms with Crippen molar-refractivity contribution in [3.05, 3.63) is 58.8 Å². The summed E-state index contributed by atoms with van der Waals surface area (Å²) in [5, 5.41) is 3.82. The molecule has 3 aromatic rings. The van der Waals surface area contributed by atoms with Crippen molar-refractivity contribution in [2.24, 2.45) is 0 Å². The number of aryl methyl sites for hydroxylation is 4. The van der Waals surface area contributed by atoms with Crippen LogP contribution in [0.1, 0.15) is 22.4 Å². The highest BCUT2D eigenvalue weighted by Crippen LogP contribution is 2.24. The van der Waals surface area contributed by atoms with Crippen molar-refractivity contribution in [3.63, 3.8) is 0 Å². The number of rotatable bonds is 4. The zero-order valence-corrected chi connectivity index (χ0v) is 15.7. The predicted molar refractivity (Wildman–Crippen MR) is 104 cm³/mol. The summed E-state index contributed by atoms with van der Waals surface area (Å²) in [5.41, 5.74) is 6.83. The Kier molecular flexibility index (Phi) is 5.04. The molecule has 0 aliphatic heterocycles. The number of benzene rings is 2. The van der Waals surface area contributed by atoms with E-state index in [0.717, 1.165) is 38.6 Å². The van der Waals surface area contributed by atoms with E-state index in [4.69, 9.17) is 0 Å². The number of hydrogen-bond donors (Lipinski definition) is 1. The summed E-state index contributed by atoms with van der Waals surface area (Å²) >= 11 is 1.42. The van der Waals surface area contributed by atoms with E-state index in [1.54, 1.807) is 0 Å². The normalized spacial score (nSPS) is 10.9. The van der Waals surface area contributed by atoms with Gasteiger partial charge in [-0.2, -0.15) is 0 Å². The lowest BCUT2D eigenvalue weighted by Crippen LogP contribution is -2.16. The van der Waals surface area contributed by atoms with Gasteiger partial charge in [0.2, 0.25) is 5.91 Å². The summed E-state index contributed by atoms with van der Waals surface area (Å²) in [6.45, 7) is 8.01. The minimum absolute atomic E-state index is 0.0330. The number of nitrogens with zero attached hydrogens (tertiary/aromatic N) is 2. The number of hydrogen-bond acceptors (Lipinski definition) is 4. The Morgan fingerprint density at radius 2 is 1.60 bits per heavy atom. The highest BCUT2D eigenvalue weighted by molar-refractivity contribution is 8.00. The van der Waals surface area contributed by atoms with E-state index < -0.39 is 0 Å². The molecule has 0 radical (unpaired) electrons. The Hall–Kier alpha value is -2.40. The third-order valence-corrected chi connectivity index (χ3v) is 5.05. The quantitative estimate of drug-likeness (QED) is 0.698. The Morgan fingerprint density at radius 3 is 2.24 bits per heavy atom. The number of para-hydroxylation sites is 2. The molecule has 4 nitrogen and oxygen atoms in total. The highest BCUT2D eigenvalue weighted by Gasteiger charge is 2.11. The van der Waals surface area contributed by atoms with Gasteiger partial charge < -0.3 is 5.32 Å². The van der Waals surface area contributed by atoms with Gasteiger partial charge in [0.15, 0.2) is 0 Å². The Balaban J connectivity index is 1.72. The second-order valence-corrected chi connectivity index (χ2v) is 7.18. The molecule has 0 aliphatic carbocycles. The molecule has 0 aliphatic rings. The smallest absolute Gasteiger partial charge is 0.234 e. The molecule has 0 bridgehead atoms. The first-order valence-electron chi connectivity index (χ1n) is 8.18. The lowest BCUT2D eigenvalue weighted by molar-refractivity contribution is -0.113. The first-order valence-corrected chi connectivity index (χ1v) is 9.16. The van der Waals surface area contributed by atoms with Crippen LogP contribution in [0.5, 0.6) is 0 Å². The van der Waals surface area contributed by atoms with Gasteiger partial charge in [-0.1, -0.05) is 41.6 Å². The van der Waals surface area contributed by atoms with Gasteiger partial charge in [-0.05, 0) is 51.0 Å². The van der Waals surface area contributed by atoms with Crippen LogP contribution in [0.4, 0.5) is 5.69 Å². The van der Waals surface area contributed by atoms with Crippen LogP contribution in [0.15, 0.2) is 41.4 Å². The fourth-order valence-corrected chi connectivity index (χ4v) is 3.65. The summed E-state index contributed by atoms with van der Waals surface area (Å²) < 4.78 is 0. The monoisotopic (exact) mass is 351 g/mol. The first kappa shape index (κ1) is 17.4. The molecule has 0 atom stereocenters. The Bertz CT molecular complexity index is 930. The van der Waals surface area contributed by atoms with Crippen LogP contribution in [0.2, 0.25) is 0 Å². The fourth-order valence-electron chi connectivity index (χ4n) is 2.90. The molecule has 5 heteroatoms. The molecular formula is C20H21N3OS. The first-order chi connectivity index (χ1) is 11.9. The van der Waals surface area contributed by atoms with Crippen molar-refractivity contribution < 1.29 is 4.79 Å². The summed E-state index contributed by atoms with van der Waals surface area (Å²) in [6.07, 6.45) is 0. The van der Waals surface area contributed by atoms with Gasteiger partial charge in [-0.3, -0.25) is 4.79 Å². The summed E-state index contributed by atoms with van der Waals surface area (Å²) in [5.74, 6) is 0.273. The largest absolute Gasteiger partial charge is 0.325 e. The second kappa shape index (κ2) is 7.23. The number of carbonyl (C=O) groups is 1. The van der Waals surface area contributed by atoms with Crippen LogP contribution in [0.3, 0.4) is 0 Å². The maximum absolute atomic E-state index is 12.4. The molecule has 0 fully saturated rings. The van der Waals surface area contributed by atoms with Crippen molar-refractivity contribution in [1.29, 1.82) is 0 Å². The van der Waals surface area contributed by atoms with Crippen LogP contribution in [-0.4, -0.2) is 21.6 Å². The van der Waals surface area contributed by atoms with Crippen LogP contribution in [0.25, 0.3) is 11.0 Å². The third-order valence-electron chi connectivity index (χ3n) is 3.98. The van der Waals surface area contributed by atoms with Crippen molar-refractivity contribution >= 4 is 34.4 Å². The Labute approximate surface area is 152 Å². The predicted octanol–water partition coefficient (Wildman–Crippen LogP) is 4.59. The highest BCUT2D eigenvalue weighted by atomic mass is 32.2. The average Bonchev–Trinajstić information content (AvgIpc) is 2.56. The summed E-state index contributed by atoms with van der Waals surface area (Å²) in [4.78, 5) is 21.6. The molecular weight excluding hydrogens is 330 g/mol. The van der Waals surface area contributed by atoms with Crippen LogP contribution >= 0.6 is 11.8 Å². The molecule has 128 valence electrons. The minimum atomic E-state index is -0.0330. The molecule has 1 amide bonds. The summed E-state index contributed by atoms with van der Waals surface area (Å²) in [6, 6.07) is 11.9. The van der Waals surface area contributed by atoms with E-state index in [0.29, 0.717) is 5.75 Å². The number of fused-ring (bicyclic) bond motifs is 1. The van der Waals surface area contributed by atoms with E-state index in [9.17, 15) is 4.79 Å².